The van der Waals surface area contributed by atoms with Crippen LogP contribution in [0.1, 0.15) is 111 Å². The molecule has 0 radical (unpaired) electrons. The number of nitrogens with one attached hydrogen (secondary N) is 1. The molecule has 0 spiro atoms. The van der Waals surface area contributed by atoms with Crippen LogP contribution in [-0.2, 0) is 20.9 Å². The number of hydrogen-bond acceptors (Lipinski definition) is 6. The molecule has 40 heavy (non-hydrogen) atoms. The molecule has 2 aromatic rings. The fraction of sp³-hybridized carbons (Fsp3) is 0.545. The monoisotopic (exact) mass is 551 g/mol. The van der Waals surface area contributed by atoms with E-state index < -0.39 is 5.97 Å². The molecular formula is C33H45NO6. The Morgan fingerprint density at radius 3 is 2.33 bits per heavy atom. The van der Waals surface area contributed by atoms with E-state index in [0.29, 0.717) is 11.3 Å². The van der Waals surface area contributed by atoms with Crippen LogP contribution >= 0.6 is 0 Å². The summed E-state index contributed by atoms with van der Waals surface area (Å²) in [5, 5.41) is 13.3. The van der Waals surface area contributed by atoms with Crippen LogP contribution in [-0.4, -0.2) is 36.1 Å². The number of ether oxygens (including phenoxy) is 2. The molecule has 2 N–H and O–H groups in total. The molecule has 1 aliphatic rings. The minimum atomic E-state index is -0.989. The highest BCUT2D eigenvalue weighted by Gasteiger charge is 2.29. The molecule has 1 aliphatic carbocycles. The van der Waals surface area contributed by atoms with E-state index in [-0.39, 0.29) is 53.8 Å². The Hall–Kier alpha value is -3.19. The van der Waals surface area contributed by atoms with Gasteiger partial charge in [-0.1, -0.05) is 64.7 Å². The van der Waals surface area contributed by atoms with Crippen molar-refractivity contribution in [2.45, 2.75) is 98.1 Å². The Labute approximate surface area is 238 Å². The second kappa shape index (κ2) is 13.9. The first-order chi connectivity index (χ1) is 18.9. The zero-order chi connectivity index (χ0) is 29.4. The van der Waals surface area contributed by atoms with E-state index in [2.05, 4.69) is 5.32 Å². The molecule has 0 amide bonds. The Bertz CT molecular complexity index is 1190. The van der Waals surface area contributed by atoms with Gasteiger partial charge in [0.1, 0.15) is 12.4 Å². The number of aromatic carboxylic acids is 1. The van der Waals surface area contributed by atoms with E-state index in [1.807, 2.05) is 59.9 Å². The van der Waals surface area contributed by atoms with Crippen molar-refractivity contribution in [1.82, 2.24) is 5.32 Å². The Kier molecular flexibility index (Phi) is 10.9. The number of carbonyl (C=O) groups excluding carboxylic acids is 2. The lowest BCUT2D eigenvalue weighted by Gasteiger charge is -2.28. The molecule has 2 atom stereocenters. The first kappa shape index (κ1) is 31.3. The third kappa shape index (κ3) is 8.40. The Morgan fingerprint density at radius 2 is 1.73 bits per heavy atom. The molecule has 2 unspecified atom stereocenters. The average molecular weight is 552 g/mol. The Morgan fingerprint density at radius 1 is 1.05 bits per heavy atom. The van der Waals surface area contributed by atoms with Gasteiger partial charge in [-0.25, -0.2) is 4.79 Å². The van der Waals surface area contributed by atoms with Crippen molar-refractivity contribution in [3.05, 3.63) is 64.2 Å². The van der Waals surface area contributed by atoms with Crippen molar-refractivity contribution in [2.75, 3.05) is 7.05 Å². The topological polar surface area (TPSA) is 102 Å². The predicted octanol–water partition coefficient (Wildman–Crippen LogP) is 6.79. The second-order valence-electron chi connectivity index (χ2n) is 12.3. The maximum atomic E-state index is 13.2. The van der Waals surface area contributed by atoms with Gasteiger partial charge in [0.25, 0.3) is 0 Å². The van der Waals surface area contributed by atoms with E-state index in [1.165, 1.54) is 0 Å². The number of carboxylic acids is 1. The van der Waals surface area contributed by atoms with Gasteiger partial charge in [0.2, 0.25) is 0 Å². The van der Waals surface area contributed by atoms with Gasteiger partial charge in [-0.2, -0.15) is 0 Å². The van der Waals surface area contributed by atoms with Crippen molar-refractivity contribution in [1.29, 1.82) is 0 Å². The van der Waals surface area contributed by atoms with Gasteiger partial charge in [0, 0.05) is 17.5 Å². The summed E-state index contributed by atoms with van der Waals surface area (Å²) in [4.78, 5) is 38.0. The number of likely N-dealkylation sites (N-methyl/N-ethyl adjacent to an activating group) is 1. The summed E-state index contributed by atoms with van der Waals surface area (Å²) >= 11 is 0. The molecule has 1 saturated carbocycles. The SMILES string of the molecule is CNC(C)C(c1ccc(OC(=O)C2CCCCCC2)c(COC(=O)CC(C)(C)C)c1)c1c(C)cccc1C(=O)O. The number of hydrogen-bond donors (Lipinski definition) is 2. The van der Waals surface area contributed by atoms with E-state index in [4.69, 9.17) is 9.47 Å². The fourth-order valence-corrected chi connectivity index (χ4v) is 5.51. The molecule has 0 aliphatic heterocycles. The normalized spacial score (nSPS) is 16.1. The average Bonchev–Trinajstić information content (AvgIpc) is 3.18. The fourth-order valence-electron chi connectivity index (χ4n) is 5.51. The predicted molar refractivity (Wildman–Crippen MR) is 156 cm³/mol. The third-order valence-electron chi connectivity index (χ3n) is 7.73. The lowest BCUT2D eigenvalue weighted by molar-refractivity contribution is -0.147. The van der Waals surface area contributed by atoms with Crippen LogP contribution in [0.25, 0.3) is 0 Å². The van der Waals surface area contributed by atoms with Gasteiger partial charge in [-0.3, -0.25) is 9.59 Å². The number of rotatable bonds is 10. The van der Waals surface area contributed by atoms with Crippen molar-refractivity contribution >= 4 is 17.9 Å². The highest BCUT2D eigenvalue weighted by molar-refractivity contribution is 5.90. The van der Waals surface area contributed by atoms with Crippen molar-refractivity contribution < 1.29 is 29.0 Å². The zero-order valence-corrected chi connectivity index (χ0v) is 24.8. The molecule has 3 rings (SSSR count). The van der Waals surface area contributed by atoms with Crippen LogP contribution in [0.15, 0.2) is 36.4 Å². The first-order valence-corrected chi connectivity index (χ1v) is 14.4. The Balaban J connectivity index is 2.03. The molecule has 0 bridgehead atoms. The van der Waals surface area contributed by atoms with Crippen LogP contribution in [0.3, 0.4) is 0 Å². The summed E-state index contributed by atoms with van der Waals surface area (Å²) in [5.74, 6) is -1.64. The molecule has 1 fully saturated rings. The first-order valence-electron chi connectivity index (χ1n) is 14.4. The lowest BCUT2D eigenvalue weighted by Crippen LogP contribution is -2.31. The maximum Gasteiger partial charge on any atom is 0.335 e. The summed E-state index contributed by atoms with van der Waals surface area (Å²) in [6, 6.07) is 10.7. The smallest absolute Gasteiger partial charge is 0.335 e. The van der Waals surface area contributed by atoms with Crippen LogP contribution in [0.5, 0.6) is 5.75 Å². The highest BCUT2D eigenvalue weighted by Crippen LogP contribution is 2.36. The van der Waals surface area contributed by atoms with Gasteiger partial charge >= 0.3 is 17.9 Å². The maximum absolute atomic E-state index is 13.2. The molecule has 7 heteroatoms. The van der Waals surface area contributed by atoms with Crippen molar-refractivity contribution in [2.24, 2.45) is 11.3 Å². The molecular weight excluding hydrogens is 506 g/mol. The summed E-state index contributed by atoms with van der Waals surface area (Å²) in [6.07, 6.45) is 6.20. The van der Waals surface area contributed by atoms with Crippen molar-refractivity contribution in [3.63, 3.8) is 0 Å². The van der Waals surface area contributed by atoms with Crippen LogP contribution in [0.4, 0.5) is 0 Å². The minimum absolute atomic E-state index is 0.0454. The van der Waals surface area contributed by atoms with Gasteiger partial charge in [0.05, 0.1) is 17.9 Å². The number of benzene rings is 2. The summed E-state index contributed by atoms with van der Waals surface area (Å²) in [6.45, 7) is 9.79. The molecule has 0 saturated heterocycles. The van der Waals surface area contributed by atoms with Gasteiger partial charge < -0.3 is 19.9 Å². The third-order valence-corrected chi connectivity index (χ3v) is 7.73. The van der Waals surface area contributed by atoms with E-state index in [0.717, 1.165) is 55.2 Å². The summed E-state index contributed by atoms with van der Waals surface area (Å²) in [7, 11) is 1.84. The highest BCUT2D eigenvalue weighted by atomic mass is 16.5. The summed E-state index contributed by atoms with van der Waals surface area (Å²) in [5.41, 5.74) is 3.04. The molecule has 0 heterocycles. The lowest BCUT2D eigenvalue weighted by atomic mass is 9.80. The zero-order valence-electron chi connectivity index (χ0n) is 24.8. The largest absolute Gasteiger partial charge is 0.478 e. The number of esters is 2. The van der Waals surface area contributed by atoms with Gasteiger partial charge in [0.15, 0.2) is 0 Å². The van der Waals surface area contributed by atoms with Crippen LogP contribution in [0.2, 0.25) is 0 Å². The molecule has 2 aromatic carbocycles. The van der Waals surface area contributed by atoms with E-state index in [9.17, 15) is 19.5 Å². The van der Waals surface area contributed by atoms with Gasteiger partial charge in [-0.05, 0) is 74.0 Å². The summed E-state index contributed by atoms with van der Waals surface area (Å²) < 4.78 is 11.6. The number of carbonyl (C=O) groups is 3. The molecule has 218 valence electrons. The second-order valence-corrected chi connectivity index (χ2v) is 12.3. The standard InChI is InChI=1S/C33H45NO6/c1-21-12-11-15-26(31(36)37)29(21)30(22(2)34-6)24-16-17-27(40-32(38)23-13-9-7-8-10-14-23)25(18-24)20-39-28(35)19-33(3,4)5/h11-12,15-18,22-23,30,34H,7-10,13-14,19-20H2,1-6H3,(H,36,37). The quantitative estimate of drug-likeness (QED) is 0.190. The molecule has 0 aromatic heterocycles. The van der Waals surface area contributed by atoms with Crippen LogP contribution in [0, 0.1) is 18.3 Å². The molecule has 7 nitrogen and oxygen atoms in total. The number of aryl methyl sites for hydroxylation is 1. The van der Waals surface area contributed by atoms with Crippen LogP contribution < -0.4 is 10.1 Å². The van der Waals surface area contributed by atoms with Crippen molar-refractivity contribution in [3.8, 4) is 5.75 Å². The van der Waals surface area contributed by atoms with E-state index >= 15 is 0 Å². The minimum Gasteiger partial charge on any atom is -0.478 e. The van der Waals surface area contributed by atoms with E-state index in [1.54, 1.807) is 18.2 Å². The number of carboxylic acid groups (broad SMARTS) is 1. The van der Waals surface area contributed by atoms with Gasteiger partial charge in [-0.15, -0.1) is 0 Å².